The van der Waals surface area contributed by atoms with Crippen LogP contribution in [-0.2, 0) is 23.6 Å². The summed E-state index contributed by atoms with van der Waals surface area (Å²) in [6.45, 7) is 2.93. The maximum Gasteiger partial charge on any atom is 0.298 e. The molecule has 0 spiro atoms. The number of hydrogen-bond acceptors (Lipinski definition) is 5. The predicted octanol–water partition coefficient (Wildman–Crippen LogP) is 6.76. The summed E-state index contributed by atoms with van der Waals surface area (Å²) in [6, 6.07) is 20.3. The van der Waals surface area contributed by atoms with Gasteiger partial charge in [0.15, 0.2) is 0 Å². The summed E-state index contributed by atoms with van der Waals surface area (Å²) in [5.74, 6) is -3.02. The molecular formula is C30H27ClF2N2O3. The van der Waals surface area contributed by atoms with Crippen LogP contribution in [-0.4, -0.2) is 27.0 Å². The van der Waals surface area contributed by atoms with Crippen molar-refractivity contribution in [1.29, 1.82) is 0 Å². The molecule has 0 radical (unpaired) electrons. The van der Waals surface area contributed by atoms with Crippen LogP contribution in [0.5, 0.6) is 5.88 Å². The van der Waals surface area contributed by atoms with Gasteiger partial charge in [-0.1, -0.05) is 78.3 Å². The van der Waals surface area contributed by atoms with Crippen molar-refractivity contribution in [2.45, 2.75) is 44.8 Å². The Morgan fingerprint density at radius 1 is 0.921 bits per heavy atom. The number of aliphatic hydroxyl groups excluding tert-OH is 1. The first-order valence-electron chi connectivity index (χ1n) is 12.1. The number of alkyl halides is 2. The topological polar surface area (TPSA) is 72.3 Å². The van der Waals surface area contributed by atoms with Crippen LogP contribution in [0.1, 0.15) is 42.2 Å². The molecule has 0 fully saturated rings. The lowest BCUT2D eigenvalue weighted by molar-refractivity contribution is -0.117. The van der Waals surface area contributed by atoms with Gasteiger partial charge >= 0.3 is 0 Å². The molecule has 2 atom stereocenters. The fraction of sp³-hybridized carbons (Fsp3) is 0.233. The Kier molecular flexibility index (Phi) is 8.49. The zero-order chi connectivity index (χ0) is 27.3. The maximum atomic E-state index is 14.0. The van der Waals surface area contributed by atoms with E-state index in [1.807, 2.05) is 49.4 Å². The van der Waals surface area contributed by atoms with Crippen molar-refractivity contribution < 1.29 is 23.4 Å². The molecule has 1 aromatic heterocycles. The minimum Gasteiger partial charge on any atom is -0.468 e. The third-order valence-corrected chi connectivity index (χ3v) is 6.53. The zero-order valence-electron chi connectivity index (χ0n) is 20.9. The van der Waals surface area contributed by atoms with Crippen molar-refractivity contribution in [3.8, 4) is 17.1 Å². The molecule has 1 heterocycles. The smallest absolute Gasteiger partial charge is 0.298 e. The highest BCUT2D eigenvalue weighted by molar-refractivity contribution is 6.31. The molecule has 0 saturated heterocycles. The van der Waals surface area contributed by atoms with Gasteiger partial charge in [-0.3, -0.25) is 4.79 Å². The number of ketones is 1. The van der Waals surface area contributed by atoms with E-state index < -0.39 is 12.0 Å². The second kappa shape index (κ2) is 11.8. The summed E-state index contributed by atoms with van der Waals surface area (Å²) in [5.41, 5.74) is 3.35. The van der Waals surface area contributed by atoms with Crippen molar-refractivity contribution >= 4 is 17.4 Å². The van der Waals surface area contributed by atoms with Gasteiger partial charge in [-0.2, -0.15) is 8.78 Å². The van der Waals surface area contributed by atoms with Crippen LogP contribution in [0.2, 0.25) is 5.02 Å². The van der Waals surface area contributed by atoms with Crippen LogP contribution in [0, 0.1) is 0 Å². The van der Waals surface area contributed by atoms with Gasteiger partial charge < -0.3 is 9.84 Å². The molecule has 0 aliphatic rings. The number of hydrogen-bond donors (Lipinski definition) is 1. The number of carbonyl (C=O) groups excluding carboxylic acids is 1. The van der Waals surface area contributed by atoms with E-state index >= 15 is 0 Å². The molecule has 0 aliphatic heterocycles. The summed E-state index contributed by atoms with van der Waals surface area (Å²) in [5, 5.41) is 9.90. The van der Waals surface area contributed by atoms with Gasteiger partial charge in [0.1, 0.15) is 23.7 Å². The summed E-state index contributed by atoms with van der Waals surface area (Å²) >= 11 is 6.31. The predicted molar refractivity (Wildman–Crippen MR) is 142 cm³/mol. The van der Waals surface area contributed by atoms with Crippen molar-refractivity contribution in [3.05, 3.63) is 112 Å². The van der Waals surface area contributed by atoms with E-state index in [9.17, 15) is 18.7 Å². The molecule has 3 aromatic carbocycles. The molecule has 0 bridgehead atoms. The fourth-order valence-corrected chi connectivity index (χ4v) is 4.32. The highest BCUT2D eigenvalue weighted by Gasteiger charge is 2.37. The molecule has 5 nitrogen and oxygen atoms in total. The number of rotatable bonds is 10. The van der Waals surface area contributed by atoms with Crippen LogP contribution in [0.15, 0.2) is 85.2 Å². The number of Topliss-reactive ketones (excluding diaryl/α,β-unsaturated/α-hetero) is 1. The van der Waals surface area contributed by atoms with E-state index in [1.165, 1.54) is 24.3 Å². The highest BCUT2D eigenvalue weighted by atomic mass is 35.5. The average Bonchev–Trinajstić information content (AvgIpc) is 2.90. The van der Waals surface area contributed by atoms with Crippen molar-refractivity contribution in [2.24, 2.45) is 0 Å². The van der Waals surface area contributed by atoms with Gasteiger partial charge in [-0.15, -0.1) is 0 Å². The normalized spacial score (nSPS) is 13.1. The minimum absolute atomic E-state index is 0.0510. The second-order valence-corrected chi connectivity index (χ2v) is 9.48. The zero-order valence-corrected chi connectivity index (χ0v) is 21.7. The molecule has 38 heavy (non-hydrogen) atoms. The largest absolute Gasteiger partial charge is 0.468 e. The quantitative estimate of drug-likeness (QED) is 0.242. The molecule has 1 N–H and O–H groups in total. The monoisotopic (exact) mass is 536 g/mol. The van der Waals surface area contributed by atoms with Crippen molar-refractivity contribution in [1.82, 2.24) is 9.97 Å². The molecule has 0 aliphatic carbocycles. The van der Waals surface area contributed by atoms with Crippen molar-refractivity contribution in [3.63, 3.8) is 0 Å². The van der Waals surface area contributed by atoms with E-state index in [0.717, 1.165) is 23.6 Å². The van der Waals surface area contributed by atoms with E-state index in [4.69, 9.17) is 16.3 Å². The molecule has 196 valence electrons. The Balaban J connectivity index is 1.41. The molecule has 4 rings (SSSR count). The average molecular weight is 537 g/mol. The van der Waals surface area contributed by atoms with E-state index in [2.05, 4.69) is 9.97 Å². The van der Waals surface area contributed by atoms with Crippen LogP contribution in [0.4, 0.5) is 8.78 Å². The minimum atomic E-state index is -3.34. The SMILES string of the molecule is CC(O)C(F)(F)c1ccc(CC(=O)Cc2ccc(-c3nccnc3O[C@H](C)c3ccccc3Cl)cc2)cc1. The lowest BCUT2D eigenvalue weighted by atomic mass is 9.98. The number of ether oxygens (including phenoxy) is 1. The van der Waals surface area contributed by atoms with Crippen molar-refractivity contribution in [2.75, 3.05) is 0 Å². The number of aliphatic hydroxyl groups is 1. The number of aromatic nitrogens is 2. The van der Waals surface area contributed by atoms with Crippen LogP contribution < -0.4 is 4.74 Å². The van der Waals surface area contributed by atoms with Crippen LogP contribution in [0.25, 0.3) is 11.3 Å². The third-order valence-electron chi connectivity index (χ3n) is 6.19. The molecule has 8 heteroatoms. The standard InChI is InChI=1S/C30H27ClF2N2O3/c1-19(26-5-3-4-6-27(26)31)38-29-28(34-15-16-35-29)23-11-7-21(8-12-23)17-25(37)18-22-9-13-24(14-10-22)30(32,33)20(2)36/h3-16,19-20,36H,17-18H2,1-2H3/t19-,20?/m1/s1. The molecule has 4 aromatic rings. The van der Waals surface area contributed by atoms with Gasteiger partial charge in [0, 0.05) is 46.9 Å². The van der Waals surface area contributed by atoms with Crippen LogP contribution >= 0.6 is 11.6 Å². The molecule has 0 saturated carbocycles. The Morgan fingerprint density at radius 3 is 2.11 bits per heavy atom. The summed E-state index contributed by atoms with van der Waals surface area (Å²) in [7, 11) is 0. The Bertz CT molecular complexity index is 1390. The molecule has 1 unspecified atom stereocenters. The van der Waals surface area contributed by atoms with Gasteiger partial charge in [0.2, 0.25) is 5.88 Å². The second-order valence-electron chi connectivity index (χ2n) is 9.08. The Labute approximate surface area is 225 Å². The molecule has 0 amide bonds. The first-order chi connectivity index (χ1) is 18.1. The van der Waals surface area contributed by atoms with E-state index in [1.54, 1.807) is 18.5 Å². The van der Waals surface area contributed by atoms with Gasteiger partial charge in [0.05, 0.1) is 0 Å². The number of halogens is 3. The number of nitrogens with zero attached hydrogens (tertiary/aromatic N) is 2. The maximum absolute atomic E-state index is 14.0. The van der Waals surface area contributed by atoms with Crippen LogP contribution in [0.3, 0.4) is 0 Å². The van der Waals surface area contributed by atoms with E-state index in [-0.39, 0.29) is 30.3 Å². The highest BCUT2D eigenvalue weighted by Crippen LogP contribution is 2.33. The summed E-state index contributed by atoms with van der Waals surface area (Å²) in [6.07, 6.45) is 1.31. The summed E-state index contributed by atoms with van der Waals surface area (Å²) < 4.78 is 34.0. The lowest BCUT2D eigenvalue weighted by Crippen LogP contribution is -2.27. The van der Waals surface area contributed by atoms with Gasteiger partial charge in [0.25, 0.3) is 5.92 Å². The number of benzene rings is 3. The van der Waals surface area contributed by atoms with E-state index in [0.29, 0.717) is 22.2 Å². The third kappa shape index (κ3) is 6.41. The Morgan fingerprint density at radius 2 is 1.50 bits per heavy atom. The summed E-state index contributed by atoms with van der Waals surface area (Å²) in [4.78, 5) is 21.4. The lowest BCUT2D eigenvalue weighted by Gasteiger charge is -2.19. The first-order valence-corrected chi connectivity index (χ1v) is 12.5. The van der Waals surface area contributed by atoms with Gasteiger partial charge in [-0.05, 0) is 31.0 Å². The molecular weight excluding hydrogens is 510 g/mol. The Hall–Kier alpha value is -3.68. The fourth-order valence-electron chi connectivity index (χ4n) is 4.03. The first kappa shape index (κ1) is 27.4. The van der Waals surface area contributed by atoms with Gasteiger partial charge in [-0.25, -0.2) is 9.97 Å². The number of carbonyl (C=O) groups is 1.